The van der Waals surface area contributed by atoms with Crippen LogP contribution in [0, 0.1) is 5.92 Å². The van der Waals surface area contributed by atoms with Crippen molar-refractivity contribution in [3.05, 3.63) is 29.0 Å². The Balaban J connectivity index is 2.11. The molecule has 1 aliphatic rings. The molecule has 2 aromatic rings. The zero-order chi connectivity index (χ0) is 14.8. The van der Waals surface area contributed by atoms with Gasteiger partial charge in [0.1, 0.15) is 5.82 Å². The third-order valence-electron chi connectivity index (χ3n) is 4.77. The Hall–Kier alpha value is -0.730. The first kappa shape index (κ1) is 15.2. The molecule has 0 N–H and O–H groups in total. The number of nitrogens with zero attached hydrogens (tertiary/aromatic N) is 2. The van der Waals surface area contributed by atoms with E-state index >= 15 is 0 Å². The molecular formula is C17H22Cl2N2. The van der Waals surface area contributed by atoms with Crippen LogP contribution >= 0.6 is 23.2 Å². The number of hydrogen-bond donors (Lipinski definition) is 0. The molecule has 1 heterocycles. The minimum atomic E-state index is 0.563. The van der Waals surface area contributed by atoms with E-state index < -0.39 is 0 Å². The number of aromatic nitrogens is 2. The standard InChI is InChI=1S/C17H22Cl2N2/c1-2-12-5-3-4-6-15(12)21-16-8-7-13(19)11-14(16)20-17(21)9-10-18/h7-8,11-12,15H,2-6,9-10H2,1H3. The third-order valence-corrected chi connectivity index (χ3v) is 5.19. The van der Waals surface area contributed by atoms with Gasteiger partial charge in [-0.05, 0) is 37.0 Å². The summed E-state index contributed by atoms with van der Waals surface area (Å²) in [5, 5.41) is 0.750. The average Bonchev–Trinajstić information content (AvgIpc) is 2.84. The second-order valence-electron chi connectivity index (χ2n) is 5.99. The number of hydrogen-bond acceptors (Lipinski definition) is 1. The van der Waals surface area contributed by atoms with Crippen molar-refractivity contribution >= 4 is 34.2 Å². The molecule has 4 heteroatoms. The lowest BCUT2D eigenvalue weighted by atomic mass is 9.82. The second kappa shape index (κ2) is 6.58. The Morgan fingerprint density at radius 1 is 1.29 bits per heavy atom. The van der Waals surface area contributed by atoms with Crippen LogP contribution in [0.2, 0.25) is 5.02 Å². The largest absolute Gasteiger partial charge is 0.325 e. The van der Waals surface area contributed by atoms with Crippen LogP contribution < -0.4 is 0 Å². The molecule has 2 unspecified atom stereocenters. The first-order valence-electron chi connectivity index (χ1n) is 7.97. The van der Waals surface area contributed by atoms with Gasteiger partial charge in [-0.2, -0.15) is 0 Å². The van der Waals surface area contributed by atoms with Gasteiger partial charge < -0.3 is 4.57 Å². The average molecular weight is 325 g/mol. The van der Waals surface area contributed by atoms with Gasteiger partial charge in [0.15, 0.2) is 0 Å². The molecule has 2 nitrogen and oxygen atoms in total. The van der Waals surface area contributed by atoms with Gasteiger partial charge in [0.2, 0.25) is 0 Å². The molecule has 1 fully saturated rings. The highest BCUT2D eigenvalue weighted by Gasteiger charge is 2.28. The van der Waals surface area contributed by atoms with E-state index in [-0.39, 0.29) is 0 Å². The van der Waals surface area contributed by atoms with Crippen LogP contribution in [-0.2, 0) is 6.42 Å². The summed E-state index contributed by atoms with van der Waals surface area (Å²) in [5.41, 5.74) is 2.22. The molecule has 0 aliphatic heterocycles. The summed E-state index contributed by atoms with van der Waals surface area (Å²) in [4.78, 5) is 4.80. The second-order valence-corrected chi connectivity index (χ2v) is 6.80. The van der Waals surface area contributed by atoms with Crippen LogP contribution in [0.1, 0.15) is 50.9 Å². The molecule has 1 saturated carbocycles. The highest BCUT2D eigenvalue weighted by molar-refractivity contribution is 6.31. The Bertz CT molecular complexity index is 621. The highest BCUT2D eigenvalue weighted by Crippen LogP contribution is 2.39. The quantitative estimate of drug-likeness (QED) is 0.668. The van der Waals surface area contributed by atoms with Crippen LogP contribution in [0.5, 0.6) is 0 Å². The minimum absolute atomic E-state index is 0.563. The normalized spacial score (nSPS) is 22.8. The highest BCUT2D eigenvalue weighted by atomic mass is 35.5. The lowest BCUT2D eigenvalue weighted by Gasteiger charge is -2.33. The lowest BCUT2D eigenvalue weighted by molar-refractivity contribution is 0.233. The van der Waals surface area contributed by atoms with E-state index in [1.807, 2.05) is 12.1 Å². The number of benzene rings is 1. The van der Waals surface area contributed by atoms with Crippen molar-refractivity contribution < 1.29 is 0 Å². The summed E-state index contributed by atoms with van der Waals surface area (Å²) in [7, 11) is 0. The Morgan fingerprint density at radius 2 is 2.10 bits per heavy atom. The van der Waals surface area contributed by atoms with Gasteiger partial charge >= 0.3 is 0 Å². The summed E-state index contributed by atoms with van der Waals surface area (Å²) in [5.74, 6) is 2.48. The first-order chi connectivity index (χ1) is 10.2. The molecule has 0 spiro atoms. The smallest absolute Gasteiger partial charge is 0.111 e. The summed E-state index contributed by atoms with van der Waals surface area (Å²) < 4.78 is 2.46. The Morgan fingerprint density at radius 3 is 2.86 bits per heavy atom. The van der Waals surface area contributed by atoms with Crippen molar-refractivity contribution in [3.63, 3.8) is 0 Å². The van der Waals surface area contributed by atoms with Crippen molar-refractivity contribution in [2.45, 2.75) is 51.5 Å². The first-order valence-corrected chi connectivity index (χ1v) is 8.88. The van der Waals surface area contributed by atoms with Crippen molar-refractivity contribution in [1.29, 1.82) is 0 Å². The Labute approximate surface area is 136 Å². The minimum Gasteiger partial charge on any atom is -0.325 e. The van der Waals surface area contributed by atoms with Crippen LogP contribution in [0.15, 0.2) is 18.2 Å². The van der Waals surface area contributed by atoms with Crippen LogP contribution in [0.4, 0.5) is 0 Å². The van der Waals surface area contributed by atoms with E-state index in [9.17, 15) is 0 Å². The Kier molecular flexibility index (Phi) is 4.75. The van der Waals surface area contributed by atoms with Crippen molar-refractivity contribution in [2.24, 2.45) is 5.92 Å². The number of alkyl halides is 1. The molecule has 0 amide bonds. The third kappa shape index (κ3) is 2.93. The van der Waals surface area contributed by atoms with Gasteiger partial charge in [-0.15, -0.1) is 11.6 Å². The van der Waals surface area contributed by atoms with E-state index in [0.29, 0.717) is 11.9 Å². The maximum atomic E-state index is 6.12. The van der Waals surface area contributed by atoms with E-state index in [4.69, 9.17) is 28.2 Å². The molecule has 1 aliphatic carbocycles. The number of halogens is 2. The maximum absolute atomic E-state index is 6.12. The fourth-order valence-electron chi connectivity index (χ4n) is 3.76. The van der Waals surface area contributed by atoms with Crippen LogP contribution in [0.25, 0.3) is 11.0 Å². The summed E-state index contributed by atoms with van der Waals surface area (Å²) in [6.07, 6.45) is 7.31. The predicted octanol–water partition coefficient (Wildman–Crippen LogP) is 5.61. The number of imidazole rings is 1. The molecule has 0 bridgehead atoms. The van der Waals surface area contributed by atoms with E-state index in [2.05, 4.69) is 17.6 Å². The van der Waals surface area contributed by atoms with Gasteiger partial charge in [0.25, 0.3) is 0 Å². The zero-order valence-electron chi connectivity index (χ0n) is 12.5. The van der Waals surface area contributed by atoms with Gasteiger partial charge in [0.05, 0.1) is 11.0 Å². The molecule has 2 atom stereocenters. The fraction of sp³-hybridized carbons (Fsp3) is 0.588. The van der Waals surface area contributed by atoms with E-state index in [1.165, 1.54) is 37.6 Å². The topological polar surface area (TPSA) is 17.8 Å². The fourth-order valence-corrected chi connectivity index (χ4v) is 4.09. The van der Waals surface area contributed by atoms with Gasteiger partial charge in [-0.25, -0.2) is 4.98 Å². The summed E-state index contributed by atoms with van der Waals surface area (Å²) in [6.45, 7) is 2.31. The van der Waals surface area contributed by atoms with Crippen molar-refractivity contribution in [1.82, 2.24) is 9.55 Å². The van der Waals surface area contributed by atoms with Crippen molar-refractivity contribution in [2.75, 3.05) is 5.88 Å². The number of fused-ring (bicyclic) bond motifs is 1. The molecular weight excluding hydrogens is 303 g/mol. The summed E-state index contributed by atoms with van der Waals surface area (Å²) >= 11 is 12.1. The number of rotatable bonds is 4. The lowest BCUT2D eigenvalue weighted by Crippen LogP contribution is -2.24. The van der Waals surface area contributed by atoms with Crippen LogP contribution in [-0.4, -0.2) is 15.4 Å². The molecule has 1 aromatic carbocycles. The van der Waals surface area contributed by atoms with Gasteiger partial charge in [-0.3, -0.25) is 0 Å². The molecule has 1 aromatic heterocycles. The van der Waals surface area contributed by atoms with Gasteiger partial charge in [-0.1, -0.05) is 37.8 Å². The monoisotopic (exact) mass is 324 g/mol. The molecule has 3 rings (SSSR count). The number of aryl methyl sites for hydroxylation is 1. The molecule has 0 radical (unpaired) electrons. The van der Waals surface area contributed by atoms with E-state index in [0.717, 1.165) is 28.7 Å². The molecule has 21 heavy (non-hydrogen) atoms. The summed E-state index contributed by atoms with van der Waals surface area (Å²) in [6, 6.07) is 6.61. The maximum Gasteiger partial charge on any atom is 0.111 e. The SMILES string of the molecule is CCC1CCCCC1n1c(CCCl)nc2cc(Cl)ccc21. The molecule has 0 saturated heterocycles. The van der Waals surface area contributed by atoms with Crippen molar-refractivity contribution in [3.8, 4) is 0 Å². The molecule has 114 valence electrons. The predicted molar refractivity (Wildman–Crippen MR) is 90.5 cm³/mol. The van der Waals surface area contributed by atoms with Crippen LogP contribution in [0.3, 0.4) is 0 Å². The van der Waals surface area contributed by atoms with Gasteiger partial charge in [0, 0.05) is 23.4 Å². The zero-order valence-corrected chi connectivity index (χ0v) is 14.0. The van der Waals surface area contributed by atoms with E-state index in [1.54, 1.807) is 0 Å².